The first kappa shape index (κ1) is 14.4. The van der Waals surface area contributed by atoms with E-state index in [-0.39, 0.29) is 0 Å². The Bertz CT molecular complexity index is 555. The second-order valence-corrected chi connectivity index (χ2v) is 5.44. The maximum Gasteiger partial charge on any atom is 0.118 e. The molecule has 0 saturated heterocycles. The Morgan fingerprint density at radius 2 is 1.89 bits per heavy atom. The van der Waals surface area contributed by atoms with Crippen LogP contribution in [0.15, 0.2) is 46.9 Å². The molecule has 0 spiro atoms. The summed E-state index contributed by atoms with van der Waals surface area (Å²) in [6, 6.07) is 13.2. The van der Waals surface area contributed by atoms with Crippen LogP contribution in [0.3, 0.4) is 0 Å². The molecule has 0 radical (unpaired) electrons. The molecule has 1 N–H and O–H groups in total. The molecule has 0 aliphatic carbocycles. The van der Waals surface area contributed by atoms with Crippen molar-refractivity contribution in [2.45, 2.75) is 12.5 Å². The summed E-state index contributed by atoms with van der Waals surface area (Å²) >= 11 is 9.53. The fourth-order valence-corrected chi connectivity index (χ4v) is 2.51. The first-order chi connectivity index (χ1) is 9.11. The van der Waals surface area contributed by atoms with Crippen LogP contribution in [-0.2, 0) is 6.42 Å². The monoisotopic (exact) mass is 340 g/mol. The van der Waals surface area contributed by atoms with Gasteiger partial charge in [0.2, 0.25) is 0 Å². The summed E-state index contributed by atoms with van der Waals surface area (Å²) in [6.07, 6.45) is -0.112. The van der Waals surface area contributed by atoms with E-state index in [4.69, 9.17) is 16.3 Å². The minimum absolute atomic E-state index is 0.514. The van der Waals surface area contributed by atoms with E-state index in [1.165, 1.54) is 0 Å². The molecule has 0 aromatic heterocycles. The molecular weight excluding hydrogens is 328 g/mol. The molecule has 1 unspecified atom stereocenters. The lowest BCUT2D eigenvalue weighted by molar-refractivity contribution is 0.178. The van der Waals surface area contributed by atoms with Crippen LogP contribution in [0, 0.1) is 0 Å². The average molecular weight is 342 g/mol. The van der Waals surface area contributed by atoms with Gasteiger partial charge < -0.3 is 9.84 Å². The Kier molecular flexibility index (Phi) is 4.86. The molecular formula is C15H14BrClO2. The molecule has 0 saturated carbocycles. The molecule has 19 heavy (non-hydrogen) atoms. The highest BCUT2D eigenvalue weighted by atomic mass is 79.9. The van der Waals surface area contributed by atoms with Crippen molar-refractivity contribution >= 4 is 27.5 Å². The fourth-order valence-electron chi connectivity index (χ4n) is 1.87. The number of methoxy groups -OCH3 is 1. The second-order valence-electron chi connectivity index (χ2n) is 4.21. The molecule has 2 aromatic rings. The van der Waals surface area contributed by atoms with Crippen LogP contribution in [0.2, 0.25) is 5.02 Å². The number of ether oxygens (including phenoxy) is 1. The largest absolute Gasteiger partial charge is 0.497 e. The van der Waals surface area contributed by atoms with Crippen molar-refractivity contribution in [3.63, 3.8) is 0 Å². The molecule has 0 fully saturated rings. The molecule has 2 nitrogen and oxygen atoms in total. The van der Waals surface area contributed by atoms with Gasteiger partial charge in [0, 0.05) is 16.5 Å². The minimum Gasteiger partial charge on any atom is -0.497 e. The van der Waals surface area contributed by atoms with Gasteiger partial charge in [-0.1, -0.05) is 35.9 Å². The van der Waals surface area contributed by atoms with E-state index in [1.807, 2.05) is 42.5 Å². The van der Waals surface area contributed by atoms with E-state index >= 15 is 0 Å². The standard InChI is InChI=1S/C15H14BrClO2/c1-19-11-7-5-10(6-8-11)9-14(18)12-3-2-4-13(16)15(12)17/h2-8,14,18H,9H2,1H3. The molecule has 2 rings (SSSR count). The van der Waals surface area contributed by atoms with Crippen molar-refractivity contribution in [1.82, 2.24) is 0 Å². The van der Waals surface area contributed by atoms with Crippen LogP contribution in [0.4, 0.5) is 0 Å². The van der Waals surface area contributed by atoms with Crippen LogP contribution in [0.25, 0.3) is 0 Å². The third kappa shape index (κ3) is 3.50. The highest BCUT2D eigenvalue weighted by molar-refractivity contribution is 9.10. The first-order valence-electron chi connectivity index (χ1n) is 5.86. The Morgan fingerprint density at radius 3 is 2.53 bits per heavy atom. The SMILES string of the molecule is COc1ccc(CC(O)c2cccc(Br)c2Cl)cc1. The topological polar surface area (TPSA) is 29.5 Å². The fraction of sp³-hybridized carbons (Fsp3) is 0.200. The average Bonchev–Trinajstić information content (AvgIpc) is 2.42. The number of aliphatic hydroxyl groups excluding tert-OH is 1. The summed E-state index contributed by atoms with van der Waals surface area (Å²) in [6.45, 7) is 0. The van der Waals surface area contributed by atoms with Gasteiger partial charge in [0.05, 0.1) is 18.2 Å². The summed E-state index contributed by atoms with van der Waals surface area (Å²) in [5.74, 6) is 0.804. The molecule has 2 aromatic carbocycles. The van der Waals surface area contributed by atoms with Crippen LogP contribution >= 0.6 is 27.5 Å². The van der Waals surface area contributed by atoms with Crippen molar-refractivity contribution in [3.05, 3.63) is 63.1 Å². The number of aliphatic hydroxyl groups is 1. The van der Waals surface area contributed by atoms with Crippen LogP contribution in [0.1, 0.15) is 17.2 Å². The Labute approximate surface area is 126 Å². The normalized spacial score (nSPS) is 12.2. The van der Waals surface area contributed by atoms with E-state index in [2.05, 4.69) is 15.9 Å². The minimum atomic E-state index is -0.626. The predicted molar refractivity (Wildman–Crippen MR) is 80.8 cm³/mol. The second kappa shape index (κ2) is 6.42. The van der Waals surface area contributed by atoms with Crippen LogP contribution < -0.4 is 4.74 Å². The highest BCUT2D eigenvalue weighted by Gasteiger charge is 2.14. The molecule has 1 atom stereocenters. The zero-order valence-electron chi connectivity index (χ0n) is 10.4. The summed E-state index contributed by atoms with van der Waals surface area (Å²) in [4.78, 5) is 0. The molecule has 0 bridgehead atoms. The highest BCUT2D eigenvalue weighted by Crippen LogP contribution is 2.31. The number of hydrogen-bond donors (Lipinski definition) is 1. The van der Waals surface area contributed by atoms with Gasteiger partial charge in [-0.2, -0.15) is 0 Å². The smallest absolute Gasteiger partial charge is 0.118 e. The third-order valence-corrected chi connectivity index (χ3v) is 4.24. The summed E-state index contributed by atoms with van der Waals surface area (Å²) in [5.41, 5.74) is 1.76. The zero-order valence-corrected chi connectivity index (χ0v) is 12.8. The van der Waals surface area contributed by atoms with Crippen molar-refractivity contribution in [1.29, 1.82) is 0 Å². The van der Waals surface area contributed by atoms with Gasteiger partial charge in [0.25, 0.3) is 0 Å². The number of benzene rings is 2. The molecule has 4 heteroatoms. The van der Waals surface area contributed by atoms with Crippen molar-refractivity contribution < 1.29 is 9.84 Å². The lowest BCUT2D eigenvalue weighted by atomic mass is 10.0. The van der Waals surface area contributed by atoms with Crippen molar-refractivity contribution in [3.8, 4) is 5.75 Å². The van der Waals surface area contributed by atoms with Gasteiger partial charge in [-0.3, -0.25) is 0 Å². The van der Waals surface area contributed by atoms with Gasteiger partial charge in [0.15, 0.2) is 0 Å². The lowest BCUT2D eigenvalue weighted by Crippen LogP contribution is -2.02. The summed E-state index contributed by atoms with van der Waals surface area (Å²) in [5, 5.41) is 10.8. The van der Waals surface area contributed by atoms with E-state index in [0.717, 1.165) is 21.3 Å². The van der Waals surface area contributed by atoms with Gasteiger partial charge in [0.1, 0.15) is 5.75 Å². The Hall–Kier alpha value is -1.03. The Morgan fingerprint density at radius 1 is 1.21 bits per heavy atom. The van der Waals surface area contributed by atoms with Gasteiger partial charge in [-0.05, 0) is 39.7 Å². The van der Waals surface area contributed by atoms with Crippen molar-refractivity contribution in [2.75, 3.05) is 7.11 Å². The van der Waals surface area contributed by atoms with Crippen molar-refractivity contribution in [2.24, 2.45) is 0 Å². The Balaban J connectivity index is 2.15. The molecule has 0 aliphatic rings. The van der Waals surface area contributed by atoms with E-state index in [1.54, 1.807) is 7.11 Å². The quantitative estimate of drug-likeness (QED) is 0.894. The molecule has 100 valence electrons. The van der Waals surface area contributed by atoms with Crippen LogP contribution in [0.5, 0.6) is 5.75 Å². The van der Waals surface area contributed by atoms with Crippen LogP contribution in [-0.4, -0.2) is 12.2 Å². The third-order valence-electron chi connectivity index (χ3n) is 2.93. The first-order valence-corrected chi connectivity index (χ1v) is 7.04. The molecule has 0 heterocycles. The van der Waals surface area contributed by atoms with Gasteiger partial charge in [-0.25, -0.2) is 0 Å². The number of halogens is 2. The number of hydrogen-bond acceptors (Lipinski definition) is 2. The number of rotatable bonds is 4. The zero-order chi connectivity index (χ0) is 13.8. The van der Waals surface area contributed by atoms with Gasteiger partial charge >= 0.3 is 0 Å². The maximum atomic E-state index is 10.3. The van der Waals surface area contributed by atoms with E-state index in [9.17, 15) is 5.11 Å². The molecule has 0 aliphatic heterocycles. The molecule has 0 amide bonds. The predicted octanol–water partition coefficient (Wildman–Crippen LogP) is 4.39. The summed E-state index contributed by atoms with van der Waals surface area (Å²) < 4.78 is 5.90. The van der Waals surface area contributed by atoms with Gasteiger partial charge in [-0.15, -0.1) is 0 Å². The summed E-state index contributed by atoms with van der Waals surface area (Å²) in [7, 11) is 1.63. The maximum absolute atomic E-state index is 10.3. The van der Waals surface area contributed by atoms with E-state index < -0.39 is 6.10 Å². The van der Waals surface area contributed by atoms with E-state index in [0.29, 0.717) is 11.4 Å². The lowest BCUT2D eigenvalue weighted by Gasteiger charge is -2.14.